The number of aryl methyl sites for hydroxylation is 1. The minimum Gasteiger partial charge on any atom is -0.347 e. The largest absolute Gasteiger partial charge is 0.347 e. The number of fused-ring (bicyclic) bond motifs is 1. The molecule has 0 bridgehead atoms. The fourth-order valence-electron chi connectivity index (χ4n) is 2.21. The van der Waals surface area contributed by atoms with Crippen LogP contribution in [0.3, 0.4) is 0 Å². The van der Waals surface area contributed by atoms with Crippen LogP contribution in [0.25, 0.3) is 0 Å². The Labute approximate surface area is 117 Å². The molecule has 0 saturated carbocycles. The van der Waals surface area contributed by atoms with Crippen LogP contribution in [0, 0.1) is 0 Å². The summed E-state index contributed by atoms with van der Waals surface area (Å²) in [7, 11) is 0. The van der Waals surface area contributed by atoms with Gasteiger partial charge in [0.1, 0.15) is 5.56 Å². The van der Waals surface area contributed by atoms with Crippen molar-refractivity contribution in [2.45, 2.75) is 52.0 Å². The van der Waals surface area contributed by atoms with Crippen molar-refractivity contribution >= 4 is 11.7 Å². The van der Waals surface area contributed by atoms with Crippen molar-refractivity contribution in [2.24, 2.45) is 0 Å². The number of amides is 1. The molecule has 1 heterocycles. The van der Waals surface area contributed by atoms with Crippen LogP contribution >= 0.6 is 0 Å². The summed E-state index contributed by atoms with van der Waals surface area (Å²) in [6, 6.07) is 1.44. The summed E-state index contributed by atoms with van der Waals surface area (Å²) in [4.78, 5) is 38.7. The number of aromatic amines is 1. The third-order valence-corrected chi connectivity index (χ3v) is 3.83. The zero-order chi connectivity index (χ0) is 14.9. The standard InChI is InChI=1S/C15H20N2O3/c1-4-15(2,3)17-14(20)10-8-9-11(16-13(10)19)6-5-7-12(9)18/h8H,4-7H2,1-3H3,(H,16,19)(H,17,20). The molecule has 0 aliphatic heterocycles. The van der Waals surface area contributed by atoms with E-state index in [1.54, 1.807) is 0 Å². The van der Waals surface area contributed by atoms with Crippen molar-refractivity contribution in [3.63, 3.8) is 0 Å². The fourth-order valence-corrected chi connectivity index (χ4v) is 2.21. The van der Waals surface area contributed by atoms with E-state index in [4.69, 9.17) is 0 Å². The van der Waals surface area contributed by atoms with Gasteiger partial charge in [-0.05, 0) is 39.2 Å². The van der Waals surface area contributed by atoms with Crippen LogP contribution in [0.1, 0.15) is 66.4 Å². The van der Waals surface area contributed by atoms with Gasteiger partial charge in [-0.3, -0.25) is 14.4 Å². The number of hydrogen-bond acceptors (Lipinski definition) is 3. The van der Waals surface area contributed by atoms with E-state index >= 15 is 0 Å². The molecule has 0 atom stereocenters. The maximum Gasteiger partial charge on any atom is 0.261 e. The molecule has 0 saturated heterocycles. The highest BCUT2D eigenvalue weighted by atomic mass is 16.2. The normalized spacial score (nSPS) is 14.8. The van der Waals surface area contributed by atoms with E-state index in [1.165, 1.54) is 6.07 Å². The lowest BCUT2D eigenvalue weighted by atomic mass is 9.93. The predicted octanol–water partition coefficient (Wildman–Crippen LogP) is 1.81. The second-order valence-corrected chi connectivity index (χ2v) is 5.87. The molecule has 1 aromatic heterocycles. The van der Waals surface area contributed by atoms with Crippen molar-refractivity contribution in [2.75, 3.05) is 0 Å². The minimum absolute atomic E-state index is 0.00805. The molecule has 0 radical (unpaired) electrons. The predicted molar refractivity (Wildman–Crippen MR) is 76.2 cm³/mol. The van der Waals surface area contributed by atoms with Crippen molar-refractivity contribution < 1.29 is 9.59 Å². The third kappa shape index (κ3) is 2.81. The van der Waals surface area contributed by atoms with E-state index in [0.717, 1.165) is 12.8 Å². The summed E-state index contributed by atoms with van der Waals surface area (Å²) >= 11 is 0. The molecule has 1 aliphatic rings. The smallest absolute Gasteiger partial charge is 0.261 e. The molecule has 0 spiro atoms. The van der Waals surface area contributed by atoms with Gasteiger partial charge in [0.2, 0.25) is 0 Å². The fraction of sp³-hybridized carbons (Fsp3) is 0.533. The zero-order valence-electron chi connectivity index (χ0n) is 12.1. The monoisotopic (exact) mass is 276 g/mol. The first kappa shape index (κ1) is 14.5. The summed E-state index contributed by atoms with van der Waals surface area (Å²) in [6.07, 6.45) is 2.65. The minimum atomic E-state index is -0.431. The number of pyridine rings is 1. The Hall–Kier alpha value is -1.91. The molecular formula is C15H20N2O3. The van der Waals surface area contributed by atoms with E-state index in [1.807, 2.05) is 20.8 Å². The number of hydrogen-bond donors (Lipinski definition) is 2. The lowest BCUT2D eigenvalue weighted by Gasteiger charge is -2.24. The van der Waals surface area contributed by atoms with Crippen LogP contribution in [-0.4, -0.2) is 22.2 Å². The molecule has 2 rings (SSSR count). The average molecular weight is 276 g/mol. The first-order valence-corrected chi connectivity index (χ1v) is 6.96. The topological polar surface area (TPSA) is 79.0 Å². The first-order chi connectivity index (χ1) is 9.34. The number of carbonyl (C=O) groups is 2. The van der Waals surface area contributed by atoms with Crippen LogP contribution in [0.2, 0.25) is 0 Å². The Balaban J connectivity index is 2.38. The summed E-state index contributed by atoms with van der Waals surface area (Å²) in [5.74, 6) is -0.439. The Bertz CT molecular complexity index is 614. The molecule has 5 heteroatoms. The number of carbonyl (C=O) groups excluding carboxylic acids is 2. The Morgan fingerprint density at radius 3 is 2.70 bits per heavy atom. The number of ketones is 1. The van der Waals surface area contributed by atoms with Crippen LogP contribution in [-0.2, 0) is 6.42 Å². The molecule has 2 N–H and O–H groups in total. The van der Waals surface area contributed by atoms with Crippen LogP contribution in [0.15, 0.2) is 10.9 Å². The first-order valence-electron chi connectivity index (χ1n) is 6.96. The molecule has 1 amide bonds. The molecule has 20 heavy (non-hydrogen) atoms. The van der Waals surface area contributed by atoms with Gasteiger partial charge in [0.15, 0.2) is 5.78 Å². The van der Waals surface area contributed by atoms with Crippen LogP contribution in [0.4, 0.5) is 0 Å². The molecule has 0 unspecified atom stereocenters. The van der Waals surface area contributed by atoms with Gasteiger partial charge in [-0.25, -0.2) is 0 Å². The molecule has 108 valence electrons. The van der Waals surface area contributed by atoms with Gasteiger partial charge in [0, 0.05) is 23.2 Å². The summed E-state index contributed by atoms with van der Waals surface area (Å²) in [6.45, 7) is 5.74. The van der Waals surface area contributed by atoms with E-state index in [9.17, 15) is 14.4 Å². The molecule has 0 aromatic carbocycles. The molecular weight excluding hydrogens is 256 g/mol. The van der Waals surface area contributed by atoms with Gasteiger partial charge >= 0.3 is 0 Å². The SMILES string of the molecule is CCC(C)(C)NC(=O)c1cc2c([nH]c1=O)CCCC2=O. The second kappa shape index (κ2) is 5.23. The van der Waals surface area contributed by atoms with E-state index in [2.05, 4.69) is 10.3 Å². The quantitative estimate of drug-likeness (QED) is 0.883. The second-order valence-electron chi connectivity index (χ2n) is 5.87. The highest BCUT2D eigenvalue weighted by Crippen LogP contribution is 2.19. The van der Waals surface area contributed by atoms with E-state index < -0.39 is 11.5 Å². The Morgan fingerprint density at radius 2 is 2.05 bits per heavy atom. The number of nitrogens with one attached hydrogen (secondary N) is 2. The van der Waals surface area contributed by atoms with Gasteiger partial charge in [-0.15, -0.1) is 0 Å². The lowest BCUT2D eigenvalue weighted by molar-refractivity contribution is 0.0909. The van der Waals surface area contributed by atoms with Crippen LogP contribution < -0.4 is 10.9 Å². The third-order valence-electron chi connectivity index (χ3n) is 3.83. The van der Waals surface area contributed by atoms with Crippen molar-refractivity contribution in [3.05, 3.63) is 33.2 Å². The maximum absolute atomic E-state index is 12.2. The van der Waals surface area contributed by atoms with Gasteiger partial charge in [0.25, 0.3) is 11.5 Å². The zero-order valence-corrected chi connectivity index (χ0v) is 12.1. The highest BCUT2D eigenvalue weighted by Gasteiger charge is 2.24. The summed E-state index contributed by atoms with van der Waals surface area (Å²) in [5.41, 5.74) is 0.333. The Kier molecular flexibility index (Phi) is 3.79. The molecule has 1 aliphatic carbocycles. The van der Waals surface area contributed by atoms with Gasteiger partial charge in [-0.2, -0.15) is 0 Å². The maximum atomic E-state index is 12.2. The summed E-state index contributed by atoms with van der Waals surface area (Å²) < 4.78 is 0. The van der Waals surface area contributed by atoms with E-state index in [-0.39, 0.29) is 16.9 Å². The number of Topliss-reactive ketones (excluding diaryl/α,β-unsaturated/α-hetero) is 1. The van der Waals surface area contributed by atoms with Gasteiger partial charge in [-0.1, -0.05) is 6.92 Å². The van der Waals surface area contributed by atoms with Gasteiger partial charge in [0.05, 0.1) is 0 Å². The number of H-pyrrole nitrogens is 1. The number of rotatable bonds is 3. The molecule has 5 nitrogen and oxygen atoms in total. The summed E-state index contributed by atoms with van der Waals surface area (Å²) in [5, 5.41) is 2.81. The van der Waals surface area contributed by atoms with E-state index in [0.29, 0.717) is 24.1 Å². The van der Waals surface area contributed by atoms with Crippen molar-refractivity contribution in [1.29, 1.82) is 0 Å². The average Bonchev–Trinajstić information content (AvgIpc) is 2.37. The molecule has 0 fully saturated rings. The van der Waals surface area contributed by atoms with Crippen molar-refractivity contribution in [3.8, 4) is 0 Å². The van der Waals surface area contributed by atoms with Crippen LogP contribution in [0.5, 0.6) is 0 Å². The molecule has 1 aromatic rings. The van der Waals surface area contributed by atoms with Gasteiger partial charge < -0.3 is 10.3 Å². The Morgan fingerprint density at radius 1 is 1.35 bits per heavy atom. The highest BCUT2D eigenvalue weighted by molar-refractivity contribution is 6.01. The van der Waals surface area contributed by atoms with Crippen molar-refractivity contribution in [1.82, 2.24) is 10.3 Å². The lowest BCUT2D eigenvalue weighted by Crippen LogP contribution is -2.44. The number of aromatic nitrogens is 1.